The van der Waals surface area contributed by atoms with Gasteiger partial charge in [0.15, 0.2) is 0 Å². The molecule has 2 aliphatic rings. The first kappa shape index (κ1) is 13.8. The summed E-state index contributed by atoms with van der Waals surface area (Å²) in [5.41, 5.74) is 2.74. The van der Waals surface area contributed by atoms with E-state index in [1.165, 1.54) is 16.1 Å². The molecule has 2 heterocycles. The van der Waals surface area contributed by atoms with Crippen molar-refractivity contribution in [2.45, 2.75) is 25.3 Å². The lowest BCUT2D eigenvalue weighted by Gasteiger charge is -2.30. The van der Waals surface area contributed by atoms with Crippen molar-refractivity contribution in [2.75, 3.05) is 18.0 Å². The van der Waals surface area contributed by atoms with Crippen LogP contribution in [-0.4, -0.2) is 19.0 Å². The van der Waals surface area contributed by atoms with Gasteiger partial charge >= 0.3 is 0 Å². The topological polar surface area (TPSA) is 32.3 Å². The second-order valence-corrected chi connectivity index (χ2v) is 7.10. The highest BCUT2D eigenvalue weighted by atomic mass is 32.1. The lowest BCUT2D eigenvalue weighted by Crippen LogP contribution is -2.37. The zero-order valence-corrected chi connectivity index (χ0v) is 13.3. The van der Waals surface area contributed by atoms with Crippen LogP contribution < -0.4 is 10.2 Å². The lowest BCUT2D eigenvalue weighted by atomic mass is 10.1. The van der Waals surface area contributed by atoms with Crippen LogP contribution in [0.2, 0.25) is 0 Å². The van der Waals surface area contributed by atoms with Crippen LogP contribution in [0.3, 0.4) is 0 Å². The highest BCUT2D eigenvalue weighted by Crippen LogP contribution is 2.36. The molecule has 2 aromatic rings. The summed E-state index contributed by atoms with van der Waals surface area (Å²) in [6.07, 6.45) is 3.21. The summed E-state index contributed by atoms with van der Waals surface area (Å²) in [6, 6.07) is 13.1. The van der Waals surface area contributed by atoms with Crippen LogP contribution in [0.5, 0.6) is 0 Å². The Balaban J connectivity index is 1.56. The first-order valence-corrected chi connectivity index (χ1v) is 8.86. The molecule has 3 nitrogen and oxygen atoms in total. The SMILES string of the molecule is O=C(NC[C@@H](c1cccs1)N1CCc2ccccc21)C1CC1. The van der Waals surface area contributed by atoms with Gasteiger partial charge in [-0.2, -0.15) is 0 Å². The van der Waals surface area contributed by atoms with E-state index in [4.69, 9.17) is 0 Å². The van der Waals surface area contributed by atoms with Crippen molar-refractivity contribution in [3.63, 3.8) is 0 Å². The Hall–Kier alpha value is -1.81. The van der Waals surface area contributed by atoms with E-state index in [9.17, 15) is 4.79 Å². The van der Waals surface area contributed by atoms with E-state index in [-0.39, 0.29) is 17.9 Å². The molecule has 4 heteroatoms. The summed E-state index contributed by atoms with van der Waals surface area (Å²) in [5, 5.41) is 5.28. The molecule has 1 aliphatic heterocycles. The Bertz CT molecular complexity index is 663. The Morgan fingerprint density at radius 3 is 2.91 bits per heavy atom. The maximum Gasteiger partial charge on any atom is 0.223 e. The molecule has 1 aromatic heterocycles. The van der Waals surface area contributed by atoms with Gasteiger partial charge in [0.05, 0.1) is 6.04 Å². The molecule has 0 spiro atoms. The summed E-state index contributed by atoms with van der Waals surface area (Å²) in [4.78, 5) is 15.8. The van der Waals surface area contributed by atoms with Gasteiger partial charge in [0.1, 0.15) is 0 Å². The molecule has 1 saturated carbocycles. The lowest BCUT2D eigenvalue weighted by molar-refractivity contribution is -0.122. The summed E-state index contributed by atoms with van der Waals surface area (Å²) >= 11 is 1.78. The van der Waals surface area contributed by atoms with Gasteiger partial charge in [0.25, 0.3) is 0 Å². The second-order valence-electron chi connectivity index (χ2n) is 6.12. The van der Waals surface area contributed by atoms with E-state index >= 15 is 0 Å². The van der Waals surface area contributed by atoms with E-state index in [0.29, 0.717) is 6.54 Å². The number of fused-ring (bicyclic) bond motifs is 1. The molecular formula is C18H20N2OS. The van der Waals surface area contributed by atoms with Crippen LogP contribution in [0.25, 0.3) is 0 Å². The predicted molar refractivity (Wildman–Crippen MR) is 90.3 cm³/mol. The summed E-state index contributed by atoms with van der Waals surface area (Å²) in [6.45, 7) is 1.73. The fourth-order valence-electron chi connectivity index (χ4n) is 3.22. The molecule has 0 saturated heterocycles. The molecule has 1 amide bonds. The molecule has 114 valence electrons. The van der Waals surface area contributed by atoms with Crippen molar-refractivity contribution in [1.29, 1.82) is 0 Å². The van der Waals surface area contributed by atoms with Crippen LogP contribution in [0.4, 0.5) is 5.69 Å². The summed E-state index contributed by atoms with van der Waals surface area (Å²) < 4.78 is 0. The van der Waals surface area contributed by atoms with E-state index in [2.05, 4.69) is 52.0 Å². The van der Waals surface area contributed by atoms with Gasteiger partial charge in [-0.25, -0.2) is 0 Å². The van der Waals surface area contributed by atoms with Crippen molar-refractivity contribution in [3.8, 4) is 0 Å². The number of hydrogen-bond acceptors (Lipinski definition) is 3. The minimum absolute atomic E-state index is 0.231. The predicted octanol–water partition coefficient (Wildman–Crippen LogP) is 3.38. The molecule has 1 N–H and O–H groups in total. The average Bonchev–Trinajstić information content (AvgIpc) is 3.09. The first-order valence-electron chi connectivity index (χ1n) is 7.98. The third-order valence-electron chi connectivity index (χ3n) is 4.59. The molecular weight excluding hydrogens is 292 g/mol. The Morgan fingerprint density at radius 2 is 2.14 bits per heavy atom. The van der Waals surface area contributed by atoms with Crippen LogP contribution in [-0.2, 0) is 11.2 Å². The van der Waals surface area contributed by atoms with Gasteiger partial charge in [0, 0.05) is 29.6 Å². The van der Waals surface area contributed by atoms with Crippen molar-refractivity contribution in [1.82, 2.24) is 5.32 Å². The van der Waals surface area contributed by atoms with Crippen LogP contribution in [0.15, 0.2) is 41.8 Å². The third-order valence-corrected chi connectivity index (χ3v) is 5.56. The minimum atomic E-state index is 0.231. The number of para-hydroxylation sites is 1. The molecule has 0 radical (unpaired) electrons. The standard InChI is InChI=1S/C18H20N2OS/c21-18(14-7-8-14)19-12-16(17-6-3-11-22-17)20-10-9-13-4-1-2-5-15(13)20/h1-6,11,14,16H,7-10,12H2,(H,19,21)/t16-/m0/s1. The van der Waals surface area contributed by atoms with Gasteiger partial charge in [0.2, 0.25) is 5.91 Å². The number of anilines is 1. The number of carbonyl (C=O) groups excluding carboxylic acids is 1. The van der Waals surface area contributed by atoms with E-state index < -0.39 is 0 Å². The van der Waals surface area contributed by atoms with Crippen molar-refractivity contribution >= 4 is 22.9 Å². The maximum atomic E-state index is 12.0. The fourth-order valence-corrected chi connectivity index (χ4v) is 4.06. The summed E-state index contributed by atoms with van der Waals surface area (Å²) in [5.74, 6) is 0.504. The number of nitrogens with one attached hydrogen (secondary N) is 1. The van der Waals surface area contributed by atoms with Crippen LogP contribution >= 0.6 is 11.3 Å². The minimum Gasteiger partial charge on any atom is -0.361 e. The molecule has 0 unspecified atom stereocenters. The number of amides is 1. The van der Waals surface area contributed by atoms with Crippen LogP contribution in [0.1, 0.15) is 29.3 Å². The van der Waals surface area contributed by atoms with Crippen molar-refractivity contribution in [2.24, 2.45) is 5.92 Å². The molecule has 1 atom stereocenters. The van der Waals surface area contributed by atoms with Gasteiger partial charge in [-0.15, -0.1) is 11.3 Å². The maximum absolute atomic E-state index is 12.0. The zero-order valence-electron chi connectivity index (χ0n) is 12.5. The monoisotopic (exact) mass is 312 g/mol. The fraction of sp³-hybridized carbons (Fsp3) is 0.389. The van der Waals surface area contributed by atoms with Crippen molar-refractivity contribution < 1.29 is 4.79 Å². The normalized spacial score (nSPS) is 18.1. The van der Waals surface area contributed by atoms with E-state index in [0.717, 1.165) is 25.8 Å². The zero-order chi connectivity index (χ0) is 14.9. The van der Waals surface area contributed by atoms with Gasteiger partial charge < -0.3 is 10.2 Å². The Kier molecular flexibility index (Phi) is 3.62. The molecule has 4 rings (SSSR count). The van der Waals surface area contributed by atoms with E-state index in [1.807, 2.05) is 0 Å². The molecule has 22 heavy (non-hydrogen) atoms. The largest absolute Gasteiger partial charge is 0.361 e. The quantitative estimate of drug-likeness (QED) is 0.918. The smallest absolute Gasteiger partial charge is 0.223 e. The Morgan fingerprint density at radius 1 is 1.27 bits per heavy atom. The number of thiophene rings is 1. The number of carbonyl (C=O) groups is 1. The highest BCUT2D eigenvalue weighted by Gasteiger charge is 2.32. The number of nitrogens with zero attached hydrogens (tertiary/aromatic N) is 1. The summed E-state index contributed by atoms with van der Waals surface area (Å²) in [7, 11) is 0. The number of hydrogen-bond donors (Lipinski definition) is 1. The number of benzene rings is 1. The van der Waals surface area contributed by atoms with Gasteiger partial charge in [-0.1, -0.05) is 24.3 Å². The highest BCUT2D eigenvalue weighted by molar-refractivity contribution is 7.10. The average molecular weight is 312 g/mol. The molecule has 1 aliphatic carbocycles. The number of rotatable bonds is 5. The first-order chi connectivity index (χ1) is 10.8. The Labute approximate surface area is 135 Å². The molecule has 0 bridgehead atoms. The second kappa shape index (κ2) is 5.76. The van der Waals surface area contributed by atoms with Crippen LogP contribution in [0, 0.1) is 5.92 Å². The van der Waals surface area contributed by atoms with Gasteiger partial charge in [-0.3, -0.25) is 4.79 Å². The van der Waals surface area contributed by atoms with E-state index in [1.54, 1.807) is 11.3 Å². The molecule has 1 aromatic carbocycles. The molecule has 1 fully saturated rings. The van der Waals surface area contributed by atoms with Gasteiger partial charge in [-0.05, 0) is 42.3 Å². The third kappa shape index (κ3) is 2.63. The van der Waals surface area contributed by atoms with Crippen molar-refractivity contribution in [3.05, 3.63) is 52.2 Å².